The highest BCUT2D eigenvalue weighted by Crippen LogP contribution is 2.22. The van der Waals surface area contributed by atoms with Crippen LogP contribution in [0.15, 0.2) is 24.3 Å². The highest BCUT2D eigenvalue weighted by molar-refractivity contribution is 5.87. The lowest BCUT2D eigenvalue weighted by Crippen LogP contribution is -2.47. The number of carbonyl (C=O) groups excluding carboxylic acids is 1. The Kier molecular flexibility index (Phi) is 5.22. The zero-order chi connectivity index (χ0) is 17.1. The topological polar surface area (TPSA) is 66.4 Å². The molecule has 0 aliphatic heterocycles. The number of carboxylic acid groups (broad SMARTS) is 1. The van der Waals surface area contributed by atoms with Gasteiger partial charge in [-0.2, -0.15) is 13.2 Å². The van der Waals surface area contributed by atoms with Crippen molar-refractivity contribution in [1.29, 1.82) is 0 Å². The second-order valence-electron chi connectivity index (χ2n) is 6.01. The molecule has 122 valence electrons. The first-order valence-corrected chi connectivity index (χ1v) is 6.61. The molecule has 4 nitrogen and oxygen atoms in total. The van der Waals surface area contributed by atoms with E-state index < -0.39 is 24.1 Å². The van der Waals surface area contributed by atoms with Gasteiger partial charge in [0, 0.05) is 6.42 Å². The minimum Gasteiger partial charge on any atom is -0.480 e. The summed E-state index contributed by atoms with van der Waals surface area (Å²) in [5.74, 6) is -3.77. The Balaban J connectivity index is 2.84. The molecular weight excluding hydrogens is 299 g/mol. The molecule has 2 N–H and O–H groups in total. The average Bonchev–Trinajstić information content (AvgIpc) is 2.36. The molecule has 0 bridgehead atoms. The SMILES string of the molecule is CC(C)(C)c1ccc(C[C@@H](NC(=O)C(F)(F)F)C(=O)O)cc1. The van der Waals surface area contributed by atoms with Gasteiger partial charge in [-0.3, -0.25) is 4.79 Å². The van der Waals surface area contributed by atoms with Gasteiger partial charge in [0.2, 0.25) is 0 Å². The molecule has 0 unspecified atom stereocenters. The van der Waals surface area contributed by atoms with Crippen LogP contribution in [0.4, 0.5) is 13.2 Å². The van der Waals surface area contributed by atoms with E-state index in [0.717, 1.165) is 5.56 Å². The minimum absolute atomic E-state index is 0.0881. The summed E-state index contributed by atoms with van der Waals surface area (Å²) in [4.78, 5) is 21.9. The van der Waals surface area contributed by atoms with Crippen LogP contribution in [-0.2, 0) is 21.4 Å². The molecule has 0 aliphatic rings. The fraction of sp³-hybridized carbons (Fsp3) is 0.467. The fourth-order valence-corrected chi connectivity index (χ4v) is 1.82. The average molecular weight is 317 g/mol. The molecule has 0 saturated heterocycles. The summed E-state index contributed by atoms with van der Waals surface area (Å²) in [6, 6.07) is 5.25. The van der Waals surface area contributed by atoms with Gasteiger partial charge in [0.05, 0.1) is 0 Å². The van der Waals surface area contributed by atoms with Crippen molar-refractivity contribution in [3.05, 3.63) is 35.4 Å². The molecule has 1 amide bonds. The van der Waals surface area contributed by atoms with E-state index in [1.807, 2.05) is 20.8 Å². The fourth-order valence-electron chi connectivity index (χ4n) is 1.82. The maximum atomic E-state index is 12.2. The Morgan fingerprint density at radius 3 is 2.00 bits per heavy atom. The van der Waals surface area contributed by atoms with Crippen LogP contribution in [-0.4, -0.2) is 29.2 Å². The third-order valence-corrected chi connectivity index (χ3v) is 3.12. The number of alkyl halides is 3. The number of carboxylic acids is 1. The molecule has 0 heterocycles. The number of nitrogens with one attached hydrogen (secondary N) is 1. The highest BCUT2D eigenvalue weighted by Gasteiger charge is 2.40. The Morgan fingerprint density at radius 1 is 1.14 bits per heavy atom. The van der Waals surface area contributed by atoms with E-state index in [4.69, 9.17) is 5.11 Å². The minimum atomic E-state index is -5.11. The van der Waals surface area contributed by atoms with Gasteiger partial charge in [0.25, 0.3) is 0 Å². The smallest absolute Gasteiger partial charge is 0.471 e. The standard InChI is InChI=1S/C15H18F3NO3/c1-14(2,3)10-6-4-9(5-7-10)8-11(12(20)21)19-13(22)15(16,17)18/h4-7,11H,8H2,1-3H3,(H,19,22)(H,20,21)/t11-/m1/s1. The molecule has 7 heteroatoms. The first-order chi connectivity index (χ1) is 9.91. The van der Waals surface area contributed by atoms with Crippen molar-refractivity contribution in [2.24, 2.45) is 0 Å². The second kappa shape index (κ2) is 6.37. The van der Waals surface area contributed by atoms with Gasteiger partial charge in [-0.15, -0.1) is 0 Å². The molecule has 1 atom stereocenters. The van der Waals surface area contributed by atoms with Crippen LogP contribution >= 0.6 is 0 Å². The lowest BCUT2D eigenvalue weighted by Gasteiger charge is -2.20. The van der Waals surface area contributed by atoms with E-state index in [1.54, 1.807) is 24.3 Å². The van der Waals surface area contributed by atoms with E-state index in [9.17, 15) is 22.8 Å². The van der Waals surface area contributed by atoms with E-state index in [-0.39, 0.29) is 11.8 Å². The van der Waals surface area contributed by atoms with E-state index in [2.05, 4.69) is 0 Å². The van der Waals surface area contributed by atoms with Crippen LogP contribution in [0.5, 0.6) is 0 Å². The Morgan fingerprint density at radius 2 is 1.64 bits per heavy atom. The number of hydrogen-bond donors (Lipinski definition) is 2. The maximum absolute atomic E-state index is 12.2. The van der Waals surface area contributed by atoms with Gasteiger partial charge in [-0.25, -0.2) is 4.79 Å². The number of rotatable bonds is 4. The molecule has 0 spiro atoms. The monoisotopic (exact) mass is 317 g/mol. The predicted octanol–water partition coefficient (Wildman–Crippen LogP) is 2.66. The lowest BCUT2D eigenvalue weighted by atomic mass is 9.86. The van der Waals surface area contributed by atoms with Gasteiger partial charge in [-0.1, -0.05) is 45.0 Å². The molecule has 22 heavy (non-hydrogen) atoms. The van der Waals surface area contributed by atoms with Crippen LogP contribution in [0.25, 0.3) is 0 Å². The zero-order valence-corrected chi connectivity index (χ0v) is 12.5. The molecular formula is C15H18F3NO3. The van der Waals surface area contributed by atoms with Crippen molar-refractivity contribution in [3.8, 4) is 0 Å². The summed E-state index contributed by atoms with van der Waals surface area (Å²) in [5.41, 5.74) is 1.46. The van der Waals surface area contributed by atoms with Crippen molar-refractivity contribution >= 4 is 11.9 Å². The van der Waals surface area contributed by atoms with Gasteiger partial charge in [0.15, 0.2) is 0 Å². The third-order valence-electron chi connectivity index (χ3n) is 3.12. The maximum Gasteiger partial charge on any atom is 0.471 e. The first-order valence-electron chi connectivity index (χ1n) is 6.61. The number of carbonyl (C=O) groups is 2. The molecule has 0 aliphatic carbocycles. The van der Waals surface area contributed by atoms with Crippen LogP contribution in [0.1, 0.15) is 31.9 Å². The summed E-state index contributed by atoms with van der Waals surface area (Å²) < 4.78 is 36.6. The van der Waals surface area contributed by atoms with Crippen molar-refractivity contribution in [3.63, 3.8) is 0 Å². The summed E-state index contributed by atoms with van der Waals surface area (Å²) in [6.45, 7) is 6.02. The molecule has 1 aromatic carbocycles. The Hall–Kier alpha value is -2.05. The van der Waals surface area contributed by atoms with Gasteiger partial charge in [-0.05, 0) is 16.5 Å². The van der Waals surface area contributed by atoms with Crippen LogP contribution in [0, 0.1) is 0 Å². The Bertz CT molecular complexity index is 545. The molecule has 1 rings (SSSR count). The number of halogens is 3. The highest BCUT2D eigenvalue weighted by atomic mass is 19.4. The van der Waals surface area contributed by atoms with E-state index in [0.29, 0.717) is 5.56 Å². The molecule has 0 radical (unpaired) electrons. The third kappa shape index (κ3) is 5.05. The van der Waals surface area contributed by atoms with Crippen molar-refractivity contribution in [2.75, 3.05) is 0 Å². The number of benzene rings is 1. The molecule has 0 fully saturated rings. The summed E-state index contributed by atoms with van der Waals surface area (Å²) >= 11 is 0. The quantitative estimate of drug-likeness (QED) is 0.897. The van der Waals surface area contributed by atoms with Crippen molar-refractivity contribution in [1.82, 2.24) is 5.32 Å². The summed E-state index contributed by atoms with van der Waals surface area (Å²) in [6.07, 6.45) is -5.33. The van der Waals surface area contributed by atoms with E-state index in [1.165, 1.54) is 5.32 Å². The Labute approximate surface area is 126 Å². The van der Waals surface area contributed by atoms with Crippen molar-refractivity contribution < 1.29 is 27.9 Å². The van der Waals surface area contributed by atoms with Crippen LogP contribution < -0.4 is 5.32 Å². The normalized spacial score (nSPS) is 13.5. The molecule has 0 saturated carbocycles. The molecule has 1 aromatic rings. The van der Waals surface area contributed by atoms with Gasteiger partial charge in [0.1, 0.15) is 6.04 Å². The van der Waals surface area contributed by atoms with Crippen LogP contribution in [0.2, 0.25) is 0 Å². The van der Waals surface area contributed by atoms with E-state index >= 15 is 0 Å². The first kappa shape index (κ1) is 18.0. The zero-order valence-electron chi connectivity index (χ0n) is 12.5. The number of amides is 1. The molecule has 0 aromatic heterocycles. The second-order valence-corrected chi connectivity index (χ2v) is 6.01. The summed E-state index contributed by atoms with van der Waals surface area (Å²) in [5, 5.41) is 10.4. The predicted molar refractivity (Wildman–Crippen MR) is 74.5 cm³/mol. The van der Waals surface area contributed by atoms with Crippen molar-refractivity contribution in [2.45, 2.75) is 44.8 Å². The number of aliphatic carboxylic acids is 1. The van der Waals surface area contributed by atoms with Gasteiger partial charge < -0.3 is 10.4 Å². The van der Waals surface area contributed by atoms with Crippen LogP contribution in [0.3, 0.4) is 0 Å². The largest absolute Gasteiger partial charge is 0.480 e. The lowest BCUT2D eigenvalue weighted by molar-refractivity contribution is -0.175. The number of hydrogen-bond acceptors (Lipinski definition) is 2. The van der Waals surface area contributed by atoms with Gasteiger partial charge >= 0.3 is 18.1 Å². The summed E-state index contributed by atoms with van der Waals surface area (Å²) in [7, 11) is 0.